The predicted molar refractivity (Wildman–Crippen MR) is 325 cm³/mol. The number of carbonyl (C=O) groups is 2. The Labute approximate surface area is 464 Å². The monoisotopic (exact) mass is 1070 g/mol. The Morgan fingerprint density at radius 1 is 0.408 bits per heavy atom. The van der Waals surface area contributed by atoms with Crippen molar-refractivity contribution in [2.24, 2.45) is 5.73 Å². The first-order chi connectivity index (χ1) is 37.3. The fourth-order valence-electron chi connectivity index (χ4n) is 7.30. The van der Waals surface area contributed by atoms with Crippen molar-refractivity contribution in [2.75, 3.05) is 26.4 Å². The molecule has 0 aliphatic heterocycles. The van der Waals surface area contributed by atoms with Gasteiger partial charge in [-0.25, -0.2) is 4.57 Å². The van der Waals surface area contributed by atoms with Gasteiger partial charge in [0.25, 0.3) is 0 Å². The lowest BCUT2D eigenvalue weighted by atomic mass is 10.1. The van der Waals surface area contributed by atoms with E-state index in [2.05, 4.69) is 172 Å². The highest BCUT2D eigenvalue weighted by molar-refractivity contribution is 7.47. The first kappa shape index (κ1) is 71.6. The fraction of sp³-hybridized carbons (Fsp3) is 0.576. The van der Waals surface area contributed by atoms with E-state index >= 15 is 0 Å². The molecule has 0 aliphatic carbocycles. The summed E-state index contributed by atoms with van der Waals surface area (Å²) in [5, 5.41) is 0. The summed E-state index contributed by atoms with van der Waals surface area (Å²) >= 11 is 0. The average Bonchev–Trinajstić information content (AvgIpc) is 3.41. The first-order valence-electron chi connectivity index (χ1n) is 29.5. The molecule has 3 N–H and O–H groups in total. The SMILES string of the molecule is CC/C=C\C/C=C\C/C=C\C/C=C\C/C=C\C/C=C\C/C=C\C/C=C\C/C=C\C/C=C\C/C=C\CCCCCCCCCC(=O)OC(COC(=O)CCCCCCC/C=C\C/C=C\CCCC)COP(=O)(O)OCCN. The lowest BCUT2D eigenvalue weighted by molar-refractivity contribution is -0.161. The number of esters is 2. The van der Waals surface area contributed by atoms with Crippen LogP contribution in [0, 0.1) is 0 Å². The van der Waals surface area contributed by atoms with E-state index in [-0.39, 0.29) is 32.6 Å². The van der Waals surface area contributed by atoms with E-state index in [1.807, 2.05) is 0 Å². The van der Waals surface area contributed by atoms with Crippen molar-refractivity contribution in [1.29, 1.82) is 0 Å². The van der Waals surface area contributed by atoms with Crippen LogP contribution in [-0.4, -0.2) is 49.3 Å². The normalized spacial score (nSPS) is 14.2. The molecule has 0 radical (unpaired) electrons. The molecule has 0 aliphatic rings. The molecule has 0 aromatic carbocycles. The average molecular weight is 1070 g/mol. The van der Waals surface area contributed by atoms with Crippen LogP contribution in [0.25, 0.3) is 0 Å². The number of allylic oxidation sites excluding steroid dienone is 26. The lowest BCUT2D eigenvalue weighted by Crippen LogP contribution is -2.29. The van der Waals surface area contributed by atoms with Crippen molar-refractivity contribution in [3.05, 3.63) is 158 Å². The highest BCUT2D eigenvalue weighted by Crippen LogP contribution is 2.43. The molecule has 0 saturated carbocycles. The third-order valence-corrected chi connectivity index (χ3v) is 12.6. The van der Waals surface area contributed by atoms with Crippen LogP contribution in [0.4, 0.5) is 0 Å². The summed E-state index contributed by atoms with van der Waals surface area (Å²) in [7, 11) is -4.40. The molecular weight excluding hydrogens is 966 g/mol. The summed E-state index contributed by atoms with van der Waals surface area (Å²) in [5.74, 6) is -0.869. The molecule has 428 valence electrons. The Balaban J connectivity index is 4.01. The summed E-state index contributed by atoms with van der Waals surface area (Å²) in [6, 6.07) is 0. The van der Waals surface area contributed by atoms with Crippen molar-refractivity contribution in [3.63, 3.8) is 0 Å². The number of unbranched alkanes of at least 4 members (excludes halogenated alkanes) is 14. The number of hydrogen-bond acceptors (Lipinski definition) is 8. The Kier molecular flexibility index (Phi) is 56.4. The summed E-state index contributed by atoms with van der Waals surface area (Å²) in [6.45, 7) is 3.53. The third kappa shape index (κ3) is 58.9. The minimum Gasteiger partial charge on any atom is -0.462 e. The van der Waals surface area contributed by atoms with Crippen molar-refractivity contribution in [3.8, 4) is 0 Å². The van der Waals surface area contributed by atoms with Crippen LogP contribution in [0.3, 0.4) is 0 Å². The van der Waals surface area contributed by atoms with E-state index in [0.29, 0.717) is 12.8 Å². The molecule has 0 rings (SSSR count). The van der Waals surface area contributed by atoms with Crippen LogP contribution in [0.2, 0.25) is 0 Å². The number of rotatable bonds is 53. The molecule has 0 saturated heterocycles. The zero-order chi connectivity index (χ0) is 55.2. The summed E-state index contributed by atoms with van der Waals surface area (Å²) in [4.78, 5) is 35.1. The van der Waals surface area contributed by atoms with Gasteiger partial charge in [-0.1, -0.05) is 236 Å². The van der Waals surface area contributed by atoms with Crippen LogP contribution < -0.4 is 5.73 Å². The molecule has 76 heavy (non-hydrogen) atoms. The van der Waals surface area contributed by atoms with Crippen molar-refractivity contribution in [1.82, 2.24) is 0 Å². The Morgan fingerprint density at radius 2 is 0.724 bits per heavy atom. The van der Waals surface area contributed by atoms with E-state index in [1.54, 1.807) is 0 Å². The molecule has 2 unspecified atom stereocenters. The van der Waals surface area contributed by atoms with Gasteiger partial charge < -0.3 is 20.1 Å². The topological polar surface area (TPSA) is 134 Å². The maximum Gasteiger partial charge on any atom is 0.472 e. The van der Waals surface area contributed by atoms with Gasteiger partial charge in [0.1, 0.15) is 6.61 Å². The molecule has 2 atom stereocenters. The summed E-state index contributed by atoms with van der Waals surface area (Å²) in [5.41, 5.74) is 5.37. The van der Waals surface area contributed by atoms with Crippen molar-refractivity contribution >= 4 is 19.8 Å². The second-order valence-electron chi connectivity index (χ2n) is 18.8. The second kappa shape index (κ2) is 59.9. The van der Waals surface area contributed by atoms with Crippen LogP contribution in [-0.2, 0) is 32.7 Å². The number of phosphoric ester groups is 1. The fourth-order valence-corrected chi connectivity index (χ4v) is 8.07. The maximum atomic E-state index is 12.7. The number of phosphoric acid groups is 1. The first-order valence-corrected chi connectivity index (χ1v) is 31.0. The van der Waals surface area contributed by atoms with Crippen LogP contribution >= 0.6 is 7.82 Å². The minimum atomic E-state index is -4.40. The van der Waals surface area contributed by atoms with Gasteiger partial charge in [-0.15, -0.1) is 0 Å². The minimum absolute atomic E-state index is 0.0415. The summed E-state index contributed by atoms with van der Waals surface area (Å²) < 4.78 is 32.9. The predicted octanol–water partition coefficient (Wildman–Crippen LogP) is 18.9. The van der Waals surface area contributed by atoms with E-state index < -0.39 is 32.5 Å². The largest absolute Gasteiger partial charge is 0.472 e. The molecule has 0 bridgehead atoms. The second-order valence-corrected chi connectivity index (χ2v) is 20.2. The van der Waals surface area contributed by atoms with Gasteiger partial charge in [0.15, 0.2) is 6.10 Å². The standard InChI is InChI=1S/C66H106NO8P/c1-3-5-7-9-11-13-15-17-19-20-21-22-23-24-25-26-27-28-29-30-31-32-33-34-35-36-37-38-39-40-41-42-43-44-45-47-49-51-53-55-57-59-66(69)75-64(63-74-76(70,71)73-61-60-67)62-72-65(68)58-56-54-52-50-48-46-18-16-14-12-10-8-6-4-2/h5,7,10-13,16-19,21-22,24-25,27-28,30-31,33-34,36-37,39-40,42-43,64H,3-4,6,8-9,14-15,20,23,26,29,32,35,38,41,44-63,67H2,1-2H3,(H,70,71)/b7-5-,12-10-,13-11-,18-16-,19-17-,22-21-,25-24-,28-27-,31-30-,34-33-,37-36-,40-39-,43-42-. The van der Waals surface area contributed by atoms with Gasteiger partial charge in [-0.3, -0.25) is 18.6 Å². The van der Waals surface area contributed by atoms with Gasteiger partial charge in [0.2, 0.25) is 0 Å². The van der Waals surface area contributed by atoms with Gasteiger partial charge in [0, 0.05) is 19.4 Å². The molecule has 0 fully saturated rings. The van der Waals surface area contributed by atoms with Crippen LogP contribution in [0.1, 0.15) is 213 Å². The number of carbonyl (C=O) groups excluding carboxylic acids is 2. The molecule has 10 heteroatoms. The quantitative estimate of drug-likeness (QED) is 0.0264. The molecule has 9 nitrogen and oxygen atoms in total. The molecule has 0 aromatic heterocycles. The number of nitrogens with two attached hydrogens (primary N) is 1. The van der Waals surface area contributed by atoms with Gasteiger partial charge >= 0.3 is 19.8 Å². The highest BCUT2D eigenvalue weighted by atomic mass is 31.2. The maximum absolute atomic E-state index is 12.7. The van der Waals surface area contributed by atoms with E-state index in [4.69, 9.17) is 24.3 Å². The van der Waals surface area contributed by atoms with Gasteiger partial charge in [-0.2, -0.15) is 0 Å². The van der Waals surface area contributed by atoms with Crippen LogP contribution in [0.15, 0.2) is 158 Å². The molecule has 0 spiro atoms. The van der Waals surface area contributed by atoms with E-state index in [1.165, 1.54) is 25.7 Å². The highest BCUT2D eigenvalue weighted by Gasteiger charge is 2.26. The smallest absolute Gasteiger partial charge is 0.462 e. The summed E-state index contributed by atoms with van der Waals surface area (Å²) in [6.07, 6.45) is 87.3. The van der Waals surface area contributed by atoms with E-state index in [9.17, 15) is 19.0 Å². The van der Waals surface area contributed by atoms with Gasteiger partial charge in [-0.05, 0) is 122 Å². The Bertz CT molecular complexity index is 1790. The zero-order valence-electron chi connectivity index (χ0n) is 47.7. The zero-order valence-corrected chi connectivity index (χ0v) is 48.6. The molecule has 0 aromatic rings. The third-order valence-electron chi connectivity index (χ3n) is 11.6. The van der Waals surface area contributed by atoms with Crippen molar-refractivity contribution < 1.29 is 37.6 Å². The van der Waals surface area contributed by atoms with Crippen molar-refractivity contribution in [2.45, 2.75) is 219 Å². The molecule has 0 heterocycles. The van der Waals surface area contributed by atoms with E-state index in [0.717, 1.165) is 148 Å². The Morgan fingerprint density at radius 3 is 1.08 bits per heavy atom. The number of hydrogen-bond donors (Lipinski definition) is 2. The van der Waals surface area contributed by atoms with Gasteiger partial charge in [0.05, 0.1) is 13.2 Å². The molecular formula is C66H106NO8P. The number of ether oxygens (including phenoxy) is 2. The van der Waals surface area contributed by atoms with Crippen LogP contribution in [0.5, 0.6) is 0 Å². The Hall–Kier alpha value is -4.37. The lowest BCUT2D eigenvalue weighted by Gasteiger charge is -2.19. The molecule has 0 amide bonds.